The highest BCUT2D eigenvalue weighted by atomic mass is 35.5. The summed E-state index contributed by atoms with van der Waals surface area (Å²) in [7, 11) is 0. The molecule has 100 valence electrons. The molecular formula is C14H18Cl2OS. The van der Waals surface area contributed by atoms with Crippen molar-refractivity contribution in [3.05, 3.63) is 33.8 Å². The molecule has 0 spiro atoms. The van der Waals surface area contributed by atoms with E-state index in [9.17, 15) is 5.11 Å². The van der Waals surface area contributed by atoms with Gasteiger partial charge >= 0.3 is 0 Å². The molecule has 1 aromatic rings. The van der Waals surface area contributed by atoms with E-state index in [0.717, 1.165) is 12.0 Å². The Labute approximate surface area is 123 Å². The summed E-state index contributed by atoms with van der Waals surface area (Å²) in [6.45, 7) is 0. The highest BCUT2D eigenvalue weighted by Crippen LogP contribution is 2.30. The molecule has 1 unspecified atom stereocenters. The van der Waals surface area contributed by atoms with E-state index < -0.39 is 0 Å². The van der Waals surface area contributed by atoms with Crippen LogP contribution in [0.5, 0.6) is 0 Å². The van der Waals surface area contributed by atoms with Gasteiger partial charge in [0, 0.05) is 0 Å². The molecule has 0 saturated carbocycles. The van der Waals surface area contributed by atoms with Crippen molar-refractivity contribution in [2.75, 3.05) is 11.5 Å². The predicted molar refractivity (Wildman–Crippen MR) is 80.8 cm³/mol. The molecule has 18 heavy (non-hydrogen) atoms. The quantitative estimate of drug-likeness (QED) is 0.888. The summed E-state index contributed by atoms with van der Waals surface area (Å²) in [5.41, 5.74) is 0.946. The third-order valence-electron chi connectivity index (χ3n) is 3.43. The van der Waals surface area contributed by atoms with Crippen LogP contribution in [0.4, 0.5) is 0 Å². The normalized spacial score (nSPS) is 18.8. The molecule has 0 radical (unpaired) electrons. The van der Waals surface area contributed by atoms with Crippen LogP contribution in [0.2, 0.25) is 10.0 Å². The fourth-order valence-electron chi connectivity index (χ4n) is 2.41. The molecule has 1 N–H and O–H groups in total. The Morgan fingerprint density at radius 3 is 2.72 bits per heavy atom. The van der Waals surface area contributed by atoms with Gasteiger partial charge in [0.2, 0.25) is 0 Å². The number of rotatable bonds is 4. The maximum absolute atomic E-state index is 10.2. The molecular weight excluding hydrogens is 287 g/mol. The van der Waals surface area contributed by atoms with E-state index in [1.807, 2.05) is 23.9 Å². The van der Waals surface area contributed by atoms with E-state index in [1.165, 1.54) is 24.3 Å². The molecule has 0 aromatic heterocycles. The van der Waals surface area contributed by atoms with Crippen molar-refractivity contribution in [2.24, 2.45) is 5.92 Å². The molecule has 0 amide bonds. The minimum Gasteiger partial charge on any atom is -0.393 e. The SMILES string of the molecule is OC(Cc1cccc(Cl)c1Cl)CC1CCSCC1. The van der Waals surface area contributed by atoms with Gasteiger partial charge in [-0.2, -0.15) is 11.8 Å². The van der Waals surface area contributed by atoms with Crippen molar-refractivity contribution in [3.63, 3.8) is 0 Å². The Balaban J connectivity index is 1.90. The summed E-state index contributed by atoms with van der Waals surface area (Å²) in [5.74, 6) is 3.13. The van der Waals surface area contributed by atoms with Gasteiger partial charge in [-0.15, -0.1) is 0 Å². The van der Waals surface area contributed by atoms with Crippen LogP contribution in [-0.4, -0.2) is 22.7 Å². The lowest BCUT2D eigenvalue weighted by Crippen LogP contribution is -2.19. The number of aliphatic hydroxyl groups excluding tert-OH is 1. The average molecular weight is 305 g/mol. The molecule has 1 aromatic carbocycles. The summed E-state index contributed by atoms with van der Waals surface area (Å²) in [5, 5.41) is 11.3. The molecule has 1 saturated heterocycles. The smallest absolute Gasteiger partial charge is 0.0625 e. The zero-order chi connectivity index (χ0) is 13.0. The van der Waals surface area contributed by atoms with Crippen molar-refractivity contribution in [1.82, 2.24) is 0 Å². The molecule has 1 nitrogen and oxygen atoms in total. The van der Waals surface area contributed by atoms with Crippen LogP contribution >= 0.6 is 35.0 Å². The monoisotopic (exact) mass is 304 g/mol. The van der Waals surface area contributed by atoms with E-state index in [0.29, 0.717) is 22.4 Å². The second-order valence-corrected chi connectivity index (χ2v) is 6.87. The van der Waals surface area contributed by atoms with E-state index in [-0.39, 0.29) is 6.10 Å². The number of benzene rings is 1. The number of hydrogen-bond acceptors (Lipinski definition) is 2. The first-order valence-electron chi connectivity index (χ1n) is 6.35. The van der Waals surface area contributed by atoms with Crippen molar-refractivity contribution < 1.29 is 5.11 Å². The average Bonchev–Trinajstić information content (AvgIpc) is 2.36. The van der Waals surface area contributed by atoms with Crippen LogP contribution in [0.1, 0.15) is 24.8 Å². The second-order valence-electron chi connectivity index (χ2n) is 4.86. The third-order valence-corrected chi connectivity index (χ3v) is 5.34. The zero-order valence-corrected chi connectivity index (χ0v) is 12.6. The van der Waals surface area contributed by atoms with E-state index >= 15 is 0 Å². The first kappa shape index (κ1) is 14.5. The maximum Gasteiger partial charge on any atom is 0.0625 e. The Hall–Kier alpha value is 0.110. The first-order chi connectivity index (χ1) is 8.66. The second kappa shape index (κ2) is 7.04. The van der Waals surface area contributed by atoms with Gasteiger partial charge in [0.05, 0.1) is 16.1 Å². The number of halogens is 2. The van der Waals surface area contributed by atoms with Gasteiger partial charge in [-0.3, -0.25) is 0 Å². The highest BCUT2D eigenvalue weighted by molar-refractivity contribution is 7.99. The van der Waals surface area contributed by atoms with Crippen LogP contribution < -0.4 is 0 Å². The summed E-state index contributed by atoms with van der Waals surface area (Å²) < 4.78 is 0. The topological polar surface area (TPSA) is 20.2 Å². The Morgan fingerprint density at radius 1 is 1.28 bits per heavy atom. The molecule has 0 bridgehead atoms. The van der Waals surface area contributed by atoms with Gasteiger partial charge in [-0.1, -0.05) is 35.3 Å². The summed E-state index contributed by atoms with van der Waals surface area (Å²) in [4.78, 5) is 0. The van der Waals surface area contributed by atoms with Crippen molar-refractivity contribution in [3.8, 4) is 0 Å². The molecule has 0 aliphatic carbocycles. The van der Waals surface area contributed by atoms with E-state index in [4.69, 9.17) is 23.2 Å². The van der Waals surface area contributed by atoms with Crippen molar-refractivity contribution in [1.29, 1.82) is 0 Å². The van der Waals surface area contributed by atoms with Gasteiger partial charge in [0.25, 0.3) is 0 Å². The number of aliphatic hydroxyl groups is 1. The summed E-state index contributed by atoms with van der Waals surface area (Å²) in [6, 6.07) is 5.60. The maximum atomic E-state index is 10.2. The van der Waals surface area contributed by atoms with Gasteiger partial charge < -0.3 is 5.11 Å². The molecule has 1 fully saturated rings. The van der Waals surface area contributed by atoms with Crippen LogP contribution in [0, 0.1) is 5.92 Å². The Kier molecular flexibility index (Phi) is 5.68. The van der Waals surface area contributed by atoms with Crippen molar-refractivity contribution in [2.45, 2.75) is 31.8 Å². The Bertz CT molecular complexity index is 391. The van der Waals surface area contributed by atoms with Gasteiger partial charge in [-0.05, 0) is 54.7 Å². The molecule has 1 heterocycles. The minimum atomic E-state index is -0.311. The highest BCUT2D eigenvalue weighted by Gasteiger charge is 2.18. The third kappa shape index (κ3) is 4.06. The standard InChI is InChI=1S/C14H18Cl2OS/c15-13-3-1-2-11(14(13)16)9-12(17)8-10-4-6-18-7-5-10/h1-3,10,12,17H,4-9H2. The first-order valence-corrected chi connectivity index (χ1v) is 8.26. The molecule has 1 atom stereocenters. The number of hydrogen-bond donors (Lipinski definition) is 1. The fourth-order valence-corrected chi connectivity index (χ4v) is 4.01. The lowest BCUT2D eigenvalue weighted by atomic mass is 9.93. The zero-order valence-electron chi connectivity index (χ0n) is 10.2. The summed E-state index contributed by atoms with van der Waals surface area (Å²) in [6.07, 6.45) is 3.62. The van der Waals surface area contributed by atoms with Crippen LogP contribution in [0.25, 0.3) is 0 Å². The van der Waals surface area contributed by atoms with Gasteiger partial charge in [0.15, 0.2) is 0 Å². The molecule has 1 aliphatic rings. The minimum absolute atomic E-state index is 0.311. The van der Waals surface area contributed by atoms with Crippen LogP contribution in [0.15, 0.2) is 18.2 Å². The van der Waals surface area contributed by atoms with Crippen LogP contribution in [0.3, 0.4) is 0 Å². The van der Waals surface area contributed by atoms with Crippen molar-refractivity contribution >= 4 is 35.0 Å². The summed E-state index contributed by atoms with van der Waals surface area (Å²) >= 11 is 14.1. The predicted octanol–water partition coefficient (Wildman–Crippen LogP) is 4.43. The lowest BCUT2D eigenvalue weighted by molar-refractivity contribution is 0.139. The van der Waals surface area contributed by atoms with E-state index in [2.05, 4.69) is 0 Å². The van der Waals surface area contributed by atoms with E-state index in [1.54, 1.807) is 6.07 Å². The van der Waals surface area contributed by atoms with Crippen LogP contribution in [-0.2, 0) is 6.42 Å². The Morgan fingerprint density at radius 2 is 2.00 bits per heavy atom. The van der Waals surface area contributed by atoms with Gasteiger partial charge in [0.1, 0.15) is 0 Å². The lowest BCUT2D eigenvalue weighted by Gasteiger charge is -2.24. The fraction of sp³-hybridized carbons (Fsp3) is 0.571. The molecule has 1 aliphatic heterocycles. The largest absolute Gasteiger partial charge is 0.393 e. The number of thioether (sulfide) groups is 1. The van der Waals surface area contributed by atoms with Gasteiger partial charge in [-0.25, -0.2) is 0 Å². The molecule has 4 heteroatoms. The molecule has 2 rings (SSSR count).